The number of aromatic nitrogens is 4. The molecule has 0 saturated heterocycles. The Balaban J connectivity index is 0.000000220. The summed E-state index contributed by atoms with van der Waals surface area (Å²) < 4.78 is 60.5. The van der Waals surface area contributed by atoms with Crippen LogP contribution in [0.2, 0.25) is 5.15 Å². The highest BCUT2D eigenvalue weighted by atomic mass is 35.5. The normalized spacial score (nSPS) is 9.90. The van der Waals surface area contributed by atoms with Crippen LogP contribution in [0, 0.1) is 61.7 Å². The minimum absolute atomic E-state index is 0.0194. The summed E-state index contributed by atoms with van der Waals surface area (Å²) in [6.07, 6.45) is -5.08. The molecule has 0 aliphatic rings. The van der Waals surface area contributed by atoms with Crippen LogP contribution in [0.4, 0.5) is 13.2 Å². The third-order valence-electron chi connectivity index (χ3n) is 12.3. The lowest BCUT2D eigenvalue weighted by Gasteiger charge is -2.10. The number of ether oxygens (including phenoxy) is 5. The first kappa shape index (κ1) is 77.3. The highest BCUT2D eigenvalue weighted by Gasteiger charge is 2.38. The molecule has 4 aromatic heterocycles. The molecule has 0 aliphatic carbocycles. The summed E-state index contributed by atoms with van der Waals surface area (Å²) in [5.74, 6) is 2.74. The first-order valence-corrected chi connectivity index (χ1v) is 30.1. The highest BCUT2D eigenvalue weighted by Crippen LogP contribution is 2.27. The van der Waals surface area contributed by atoms with Gasteiger partial charge in [-0.2, -0.15) is 29.0 Å². The number of alkyl halides is 3. The molecule has 0 amide bonds. The van der Waals surface area contributed by atoms with E-state index in [0.29, 0.717) is 76.5 Å². The molecule has 11 aromatic rings. The molecule has 19 nitrogen and oxygen atoms in total. The van der Waals surface area contributed by atoms with Crippen LogP contribution in [0.5, 0.6) is 57.9 Å². The van der Waals surface area contributed by atoms with Crippen molar-refractivity contribution in [1.29, 1.82) is 15.8 Å². The van der Waals surface area contributed by atoms with Crippen molar-refractivity contribution in [3.63, 3.8) is 0 Å². The molecule has 506 valence electrons. The Morgan fingerprint density at radius 2 is 0.768 bits per heavy atom. The second kappa shape index (κ2) is 41.5. The van der Waals surface area contributed by atoms with Crippen molar-refractivity contribution in [3.05, 3.63) is 309 Å². The molecule has 0 radical (unpaired) electrons. The van der Waals surface area contributed by atoms with Crippen molar-refractivity contribution in [1.82, 2.24) is 19.9 Å². The van der Waals surface area contributed by atoms with E-state index in [1.807, 2.05) is 147 Å². The molecule has 0 atom stereocenters. The topological polar surface area (TPSA) is 313 Å². The van der Waals surface area contributed by atoms with E-state index in [1.165, 1.54) is 12.1 Å². The van der Waals surface area contributed by atoms with Gasteiger partial charge in [-0.1, -0.05) is 115 Å². The summed E-state index contributed by atoms with van der Waals surface area (Å²) in [6.45, 7) is 8.70. The monoisotopic (exact) mass is 1360 g/mol. The fourth-order valence-electron chi connectivity index (χ4n) is 8.00. The van der Waals surface area contributed by atoms with Gasteiger partial charge in [0, 0.05) is 47.5 Å². The van der Waals surface area contributed by atoms with Crippen LogP contribution < -0.4 is 29.4 Å². The number of aliphatic hydroxyl groups is 2. The number of rotatable bonds is 15. The quantitative estimate of drug-likeness (QED) is 0.0520. The number of phenolic OH excluding ortho intramolecular Hbond substituents is 2. The first-order chi connectivity index (χ1) is 47.5. The summed E-state index contributed by atoms with van der Waals surface area (Å²) >= 11 is 5.57. The number of carbonyl (C=O) groups is 1. The van der Waals surface area contributed by atoms with Crippen molar-refractivity contribution in [2.75, 3.05) is 0 Å². The van der Waals surface area contributed by atoms with Crippen molar-refractivity contribution < 1.29 is 67.2 Å². The van der Waals surface area contributed by atoms with E-state index < -0.39 is 12.1 Å². The van der Waals surface area contributed by atoms with Gasteiger partial charge in [0.15, 0.2) is 0 Å². The van der Waals surface area contributed by atoms with E-state index >= 15 is 0 Å². The van der Waals surface area contributed by atoms with E-state index in [0.717, 1.165) is 67.8 Å². The number of nitrogens with two attached hydrogens (primary N) is 1. The molecule has 0 unspecified atom stereocenters. The molecule has 0 fully saturated rings. The number of hydrogen-bond acceptors (Lipinski definition) is 18. The molecule has 0 aliphatic heterocycles. The largest absolute Gasteiger partial charge is 0.508 e. The molecule has 11 rings (SSSR count). The van der Waals surface area contributed by atoms with Gasteiger partial charge in [-0.05, 0) is 171 Å². The molecule has 7 N–H and O–H groups in total. The van der Waals surface area contributed by atoms with Gasteiger partial charge in [0.05, 0.1) is 48.1 Å². The predicted molar refractivity (Wildman–Crippen MR) is 366 cm³/mol. The maximum absolute atomic E-state index is 10.6. The lowest BCUT2D eigenvalue weighted by atomic mass is 10.2. The Kier molecular flexibility index (Phi) is 32.4. The maximum Gasteiger partial charge on any atom is 0.490 e. The summed E-state index contributed by atoms with van der Waals surface area (Å²) in [7, 11) is 0. The van der Waals surface area contributed by atoms with E-state index in [2.05, 4.69) is 32.1 Å². The van der Waals surface area contributed by atoms with E-state index in [-0.39, 0.29) is 19.0 Å². The van der Waals surface area contributed by atoms with Crippen molar-refractivity contribution in [2.24, 2.45) is 5.73 Å². The molecule has 0 bridgehead atoms. The van der Waals surface area contributed by atoms with Gasteiger partial charge in [0.25, 0.3) is 0 Å². The van der Waals surface area contributed by atoms with Crippen LogP contribution in [0.25, 0.3) is 0 Å². The molecule has 7 aromatic carbocycles. The van der Waals surface area contributed by atoms with Gasteiger partial charge >= 0.3 is 12.1 Å². The van der Waals surface area contributed by atoms with E-state index in [9.17, 15) is 13.2 Å². The number of nitriles is 3. The van der Waals surface area contributed by atoms with E-state index in [4.69, 9.17) is 87.1 Å². The zero-order chi connectivity index (χ0) is 72.0. The Morgan fingerprint density at radius 1 is 0.434 bits per heavy atom. The van der Waals surface area contributed by atoms with Crippen LogP contribution in [-0.4, -0.2) is 57.6 Å². The SMILES string of the molecule is Cc1cc(C#N)cc(Cl)n1.Cc1cc(C#N)cc(Oc2cccc(CO)c2)n1.Cc1cc(C#N)cc(Oc2cccc(COc3ccccc3)c2)n1.Cc1cc(CN)cc(Oc2cccc(COc3ccccc3)c2)n1.O=C(O)C(F)(F)F.OCc1cccc(O)c1.Oc1ccccc1. The van der Waals surface area contributed by atoms with Gasteiger partial charge in [0.2, 0.25) is 17.6 Å². The van der Waals surface area contributed by atoms with Crippen molar-refractivity contribution in [2.45, 2.75) is 66.8 Å². The number of phenols is 2. The molecule has 99 heavy (non-hydrogen) atoms. The number of aliphatic hydroxyl groups excluding tert-OH is 2. The summed E-state index contributed by atoms with van der Waals surface area (Å²) in [5, 5.41) is 68.9. The number of hydrogen-bond donors (Lipinski definition) is 6. The van der Waals surface area contributed by atoms with Gasteiger partial charge < -0.3 is 55.0 Å². The fourth-order valence-corrected chi connectivity index (χ4v) is 8.25. The average Bonchev–Trinajstić information content (AvgIpc) is 1.03. The first-order valence-electron chi connectivity index (χ1n) is 29.7. The second-order valence-corrected chi connectivity index (χ2v) is 20.9. The number of benzene rings is 7. The van der Waals surface area contributed by atoms with Gasteiger partial charge in [-0.25, -0.2) is 24.7 Å². The maximum atomic E-state index is 10.6. The van der Waals surface area contributed by atoms with Gasteiger partial charge in [-0.3, -0.25) is 0 Å². The number of aliphatic carboxylic acids is 1. The summed E-state index contributed by atoms with van der Waals surface area (Å²) in [6, 6.07) is 77.0. The molecule has 0 spiro atoms. The zero-order valence-electron chi connectivity index (χ0n) is 54.0. The summed E-state index contributed by atoms with van der Waals surface area (Å²) in [4.78, 5) is 25.7. The Hall–Kier alpha value is -12.4. The average molecular weight is 1360 g/mol. The number of para-hydroxylation sites is 3. The lowest BCUT2D eigenvalue weighted by molar-refractivity contribution is -0.192. The van der Waals surface area contributed by atoms with E-state index in [1.54, 1.807) is 111 Å². The molecular formula is C76H68ClF3N8O11. The minimum Gasteiger partial charge on any atom is -0.508 e. The van der Waals surface area contributed by atoms with Crippen LogP contribution in [-0.2, 0) is 37.8 Å². The third kappa shape index (κ3) is 30.7. The van der Waals surface area contributed by atoms with Crippen LogP contribution in [0.3, 0.4) is 0 Å². The number of pyridine rings is 4. The minimum atomic E-state index is -5.08. The third-order valence-corrected chi connectivity index (χ3v) is 12.5. The Labute approximate surface area is 575 Å². The number of aryl methyl sites for hydroxylation is 4. The number of aromatic hydroxyl groups is 2. The number of halogens is 4. The van der Waals surface area contributed by atoms with Crippen molar-refractivity contribution >= 4 is 17.6 Å². The molecule has 0 saturated carbocycles. The molecule has 4 heterocycles. The van der Waals surface area contributed by atoms with Crippen LogP contribution in [0.15, 0.2) is 237 Å². The lowest BCUT2D eigenvalue weighted by Crippen LogP contribution is -2.21. The highest BCUT2D eigenvalue weighted by molar-refractivity contribution is 6.29. The Bertz CT molecular complexity index is 4430. The number of carboxylic acid groups (broad SMARTS) is 1. The molecule has 23 heteroatoms. The molecular weight excluding hydrogens is 1290 g/mol. The van der Waals surface area contributed by atoms with Crippen molar-refractivity contribution in [3.8, 4) is 76.1 Å². The fraction of sp³-hybridized carbons (Fsp3) is 0.132. The second-order valence-electron chi connectivity index (χ2n) is 20.6. The number of nitrogens with zero attached hydrogens (tertiary/aromatic N) is 7. The smallest absolute Gasteiger partial charge is 0.490 e. The number of carboxylic acids is 1. The van der Waals surface area contributed by atoms with Crippen LogP contribution >= 0.6 is 11.6 Å². The standard InChI is InChI=1S/C20H20N2O2.C20H16N2O2.C14H12N2O2.C7H5ClN2.C7H8O2.C6H6O.C2HF3O2/c2*1-15-10-17(13-21)12-20(22-15)24-19-9-5-6-16(11-19)14-23-18-7-3-2-4-8-18;1-10-5-12(8-15)7-14(16-10)18-13-4-2-3-11(6-13)9-17;1-5-2-6(4-9)3-7(8)10-5;8-5-6-2-1-3-7(9)4-6;7-6-4-2-1-3-5-6;3-2(4,5)1(6)7/h2-12H,13-14,21H2,1H3;2-12H,14H2,1H3;2-7,17H,9H2,1H3;2-3H,1H3;1-4,8-9H,5H2;1-5,7H;(H,6,7). The summed E-state index contributed by atoms with van der Waals surface area (Å²) in [5.41, 5.74) is 14.9. The zero-order valence-corrected chi connectivity index (χ0v) is 54.7. The van der Waals surface area contributed by atoms with Gasteiger partial charge in [0.1, 0.15) is 58.6 Å². The predicted octanol–water partition coefficient (Wildman–Crippen LogP) is 16.2. The Morgan fingerprint density at radius 3 is 1.12 bits per heavy atom. The van der Waals surface area contributed by atoms with Gasteiger partial charge in [-0.15, -0.1) is 0 Å². The van der Waals surface area contributed by atoms with Crippen LogP contribution in [0.1, 0.15) is 67.3 Å².